The van der Waals surface area contributed by atoms with Gasteiger partial charge in [-0.1, -0.05) is 72.3 Å². The predicted octanol–water partition coefficient (Wildman–Crippen LogP) is 4.97. The molecule has 3 aromatic carbocycles. The van der Waals surface area contributed by atoms with E-state index in [0.717, 1.165) is 11.1 Å². The van der Waals surface area contributed by atoms with Crippen LogP contribution in [0.5, 0.6) is 0 Å². The Morgan fingerprint density at radius 2 is 1.47 bits per heavy atom. The van der Waals surface area contributed by atoms with E-state index in [4.69, 9.17) is 11.6 Å². The van der Waals surface area contributed by atoms with Crippen LogP contribution < -0.4 is 10.5 Å². The second-order valence-corrected chi connectivity index (χ2v) is 8.37. The quantitative estimate of drug-likeness (QED) is 0.397. The summed E-state index contributed by atoms with van der Waals surface area (Å²) in [5, 5.41) is 0.608. The van der Waals surface area contributed by atoms with Crippen LogP contribution in [0.15, 0.2) is 100 Å². The van der Waals surface area contributed by atoms with E-state index in [1.54, 1.807) is 34.6 Å². The van der Waals surface area contributed by atoms with Crippen LogP contribution in [0.1, 0.15) is 16.8 Å². The Balaban J connectivity index is 1.69. The molecule has 168 valence electrons. The number of amidine groups is 1. The van der Waals surface area contributed by atoms with Crippen molar-refractivity contribution in [2.45, 2.75) is 6.92 Å². The molecule has 4 aromatic rings. The zero-order chi connectivity index (χ0) is 23.8. The molecule has 0 bridgehead atoms. The first-order chi connectivity index (χ1) is 16.5. The molecule has 0 radical (unpaired) electrons. The van der Waals surface area contributed by atoms with Crippen molar-refractivity contribution in [3.8, 4) is 5.69 Å². The molecular formula is C27H21ClN4O2. The molecule has 0 aliphatic carbocycles. The molecule has 6 nitrogen and oxygen atoms in total. The number of benzene rings is 3. The maximum atomic E-state index is 13.7. The summed E-state index contributed by atoms with van der Waals surface area (Å²) in [6.07, 6.45) is 1.70. The number of hydrogen-bond donors (Lipinski definition) is 0. The molecule has 0 saturated heterocycles. The maximum absolute atomic E-state index is 13.7. The van der Waals surface area contributed by atoms with Crippen LogP contribution in [0.25, 0.3) is 11.8 Å². The lowest BCUT2D eigenvalue weighted by Gasteiger charge is -2.17. The third kappa shape index (κ3) is 3.68. The minimum Gasteiger partial charge on any atom is -0.283 e. The van der Waals surface area contributed by atoms with E-state index < -0.39 is 0 Å². The van der Waals surface area contributed by atoms with Gasteiger partial charge in [-0.2, -0.15) is 0 Å². The first-order valence-electron chi connectivity index (χ1n) is 10.8. The number of para-hydroxylation sites is 1. The topological polar surface area (TPSA) is 59.6 Å². The maximum Gasteiger partial charge on any atom is 0.296 e. The van der Waals surface area contributed by atoms with Gasteiger partial charge in [-0.15, -0.1) is 0 Å². The molecule has 1 aliphatic rings. The van der Waals surface area contributed by atoms with Gasteiger partial charge in [0.05, 0.1) is 11.4 Å². The van der Waals surface area contributed by atoms with Crippen molar-refractivity contribution < 1.29 is 4.79 Å². The van der Waals surface area contributed by atoms with Crippen LogP contribution in [-0.4, -0.2) is 21.1 Å². The Morgan fingerprint density at radius 1 is 0.853 bits per heavy atom. The summed E-state index contributed by atoms with van der Waals surface area (Å²) in [4.78, 5) is 33.5. The van der Waals surface area contributed by atoms with Crippen molar-refractivity contribution in [2.24, 2.45) is 12.0 Å². The van der Waals surface area contributed by atoms with Crippen molar-refractivity contribution in [2.75, 3.05) is 4.90 Å². The number of carbonyl (C=O) groups is 1. The molecule has 1 aromatic heterocycles. The number of hydrogen-bond acceptors (Lipinski definition) is 3. The molecule has 34 heavy (non-hydrogen) atoms. The largest absolute Gasteiger partial charge is 0.296 e. The second kappa shape index (κ2) is 8.65. The molecule has 0 fully saturated rings. The number of carbonyl (C=O) groups excluding carboxylic acids is 1. The number of aromatic nitrogens is 2. The van der Waals surface area contributed by atoms with Gasteiger partial charge in [0.1, 0.15) is 17.2 Å². The fraction of sp³-hybridized carbons (Fsp3) is 0.0741. The molecule has 1 aliphatic heterocycles. The average molecular weight is 469 g/mol. The molecule has 7 heteroatoms. The van der Waals surface area contributed by atoms with Gasteiger partial charge >= 0.3 is 0 Å². The third-order valence-electron chi connectivity index (χ3n) is 5.81. The Kier molecular flexibility index (Phi) is 5.51. The van der Waals surface area contributed by atoms with Crippen LogP contribution in [-0.2, 0) is 11.8 Å². The van der Waals surface area contributed by atoms with Crippen LogP contribution in [0, 0.1) is 6.92 Å². The monoisotopic (exact) mass is 468 g/mol. The van der Waals surface area contributed by atoms with Gasteiger partial charge in [-0.3, -0.25) is 19.2 Å². The standard InChI is InChI=1S/C27H21ClN4O2/c1-18-24(27(34)32(30(18)2)22-11-7-4-8-12-22)31-25(20-9-5-3-6-10-20)29-23(26(31)33)17-19-13-15-21(28)16-14-19/h3-17H,1-2H3/b23-17+. The summed E-state index contributed by atoms with van der Waals surface area (Å²) in [5.74, 6) is 0.0524. The van der Waals surface area contributed by atoms with E-state index in [2.05, 4.69) is 4.99 Å². The third-order valence-corrected chi connectivity index (χ3v) is 6.07. The molecule has 2 heterocycles. The number of aliphatic imine (C=N–C) groups is 1. The Labute approximate surface area is 201 Å². The Morgan fingerprint density at radius 3 is 2.12 bits per heavy atom. The van der Waals surface area contributed by atoms with Gasteiger partial charge in [-0.25, -0.2) is 9.67 Å². The Bertz CT molecular complexity index is 1500. The summed E-state index contributed by atoms with van der Waals surface area (Å²) < 4.78 is 3.31. The summed E-state index contributed by atoms with van der Waals surface area (Å²) >= 11 is 6.00. The molecule has 0 spiro atoms. The molecular weight excluding hydrogens is 448 g/mol. The smallest absolute Gasteiger partial charge is 0.283 e. The highest BCUT2D eigenvalue weighted by Gasteiger charge is 2.37. The summed E-state index contributed by atoms with van der Waals surface area (Å²) in [5.41, 5.74) is 3.12. The van der Waals surface area contributed by atoms with Crippen molar-refractivity contribution in [3.63, 3.8) is 0 Å². The van der Waals surface area contributed by atoms with E-state index in [1.165, 1.54) is 4.90 Å². The summed E-state index contributed by atoms with van der Waals surface area (Å²) in [7, 11) is 1.80. The molecule has 0 saturated carbocycles. The average Bonchev–Trinajstić information content (AvgIpc) is 3.28. The lowest BCUT2D eigenvalue weighted by atomic mass is 10.1. The van der Waals surface area contributed by atoms with E-state index in [9.17, 15) is 9.59 Å². The zero-order valence-corrected chi connectivity index (χ0v) is 19.4. The van der Waals surface area contributed by atoms with E-state index in [-0.39, 0.29) is 22.9 Å². The number of rotatable bonds is 4. The molecule has 0 N–H and O–H groups in total. The minimum atomic E-state index is -0.361. The fourth-order valence-corrected chi connectivity index (χ4v) is 4.16. The van der Waals surface area contributed by atoms with E-state index >= 15 is 0 Å². The minimum absolute atomic E-state index is 0.245. The lowest BCUT2D eigenvalue weighted by molar-refractivity contribution is -0.113. The molecule has 1 amide bonds. The van der Waals surface area contributed by atoms with Gasteiger partial charge in [0, 0.05) is 17.6 Å². The van der Waals surface area contributed by atoms with Crippen LogP contribution in [0.2, 0.25) is 5.02 Å². The van der Waals surface area contributed by atoms with Crippen LogP contribution in [0.3, 0.4) is 0 Å². The van der Waals surface area contributed by atoms with Crippen LogP contribution in [0.4, 0.5) is 5.69 Å². The molecule has 0 unspecified atom stereocenters. The zero-order valence-electron chi connectivity index (χ0n) is 18.6. The Hall–Kier alpha value is -4.16. The normalized spacial score (nSPS) is 14.7. The summed E-state index contributed by atoms with van der Waals surface area (Å²) in [6.45, 7) is 1.83. The van der Waals surface area contributed by atoms with Gasteiger partial charge in [-0.05, 0) is 42.8 Å². The number of nitrogens with zero attached hydrogens (tertiary/aromatic N) is 4. The SMILES string of the molecule is Cc1c(N2C(=O)/C(=C\c3ccc(Cl)cc3)N=C2c2ccccc2)c(=O)n(-c2ccccc2)n1C. The number of anilines is 1. The van der Waals surface area contributed by atoms with Crippen molar-refractivity contribution in [1.29, 1.82) is 0 Å². The van der Waals surface area contributed by atoms with Crippen LogP contribution >= 0.6 is 11.6 Å². The van der Waals surface area contributed by atoms with Gasteiger partial charge in [0.2, 0.25) is 0 Å². The first-order valence-corrected chi connectivity index (χ1v) is 11.1. The van der Waals surface area contributed by atoms with Crippen molar-refractivity contribution in [1.82, 2.24) is 9.36 Å². The predicted molar refractivity (Wildman–Crippen MR) is 136 cm³/mol. The van der Waals surface area contributed by atoms with Gasteiger partial charge in [0.25, 0.3) is 11.5 Å². The highest BCUT2D eigenvalue weighted by Crippen LogP contribution is 2.29. The van der Waals surface area contributed by atoms with Gasteiger partial charge < -0.3 is 0 Å². The van der Waals surface area contributed by atoms with Crippen molar-refractivity contribution in [3.05, 3.63) is 123 Å². The second-order valence-electron chi connectivity index (χ2n) is 7.93. The van der Waals surface area contributed by atoms with Gasteiger partial charge in [0.15, 0.2) is 0 Å². The van der Waals surface area contributed by atoms with Crippen molar-refractivity contribution >= 4 is 35.1 Å². The van der Waals surface area contributed by atoms with E-state index in [0.29, 0.717) is 22.2 Å². The first kappa shape index (κ1) is 21.7. The number of halogens is 1. The molecule has 5 rings (SSSR count). The molecule has 0 atom stereocenters. The van der Waals surface area contributed by atoms with E-state index in [1.807, 2.05) is 79.7 Å². The highest BCUT2D eigenvalue weighted by molar-refractivity contribution is 6.33. The number of amides is 1. The highest BCUT2D eigenvalue weighted by atomic mass is 35.5. The lowest BCUT2D eigenvalue weighted by Crippen LogP contribution is -2.36. The fourth-order valence-electron chi connectivity index (χ4n) is 4.03. The summed E-state index contributed by atoms with van der Waals surface area (Å²) in [6, 6.07) is 25.9.